The molecular weight excluding hydrogens is 286 g/mol. The van der Waals surface area contributed by atoms with Crippen molar-refractivity contribution in [1.29, 1.82) is 0 Å². The third-order valence-electron chi connectivity index (χ3n) is 5.13. The zero-order valence-corrected chi connectivity index (χ0v) is 14.2. The third-order valence-corrected chi connectivity index (χ3v) is 5.13. The summed E-state index contributed by atoms with van der Waals surface area (Å²) in [5, 5.41) is 1.30. The molecule has 0 radical (unpaired) electrons. The molecule has 0 atom stereocenters. The lowest BCUT2D eigenvalue weighted by Crippen LogP contribution is -2.29. The molecule has 120 valence electrons. The quantitative estimate of drug-likeness (QED) is 0.802. The number of carbonyl (C=O) groups excluding carboxylic acids is 1. The molecule has 2 aliphatic rings. The first-order valence-electron chi connectivity index (χ1n) is 8.38. The maximum Gasteiger partial charge on any atom is 0.192 e. The number of aromatic nitrogens is 1. The van der Waals surface area contributed by atoms with Crippen LogP contribution in [0.5, 0.6) is 0 Å². The van der Waals surface area contributed by atoms with Gasteiger partial charge in [0, 0.05) is 22.2 Å². The number of ether oxygens (including phenoxy) is 1. The van der Waals surface area contributed by atoms with Crippen LogP contribution in [0.25, 0.3) is 17.0 Å². The van der Waals surface area contributed by atoms with E-state index >= 15 is 0 Å². The van der Waals surface area contributed by atoms with Crippen molar-refractivity contribution in [3.8, 4) is 0 Å². The molecule has 1 saturated heterocycles. The van der Waals surface area contributed by atoms with Gasteiger partial charge in [0.1, 0.15) is 5.60 Å². The molecule has 1 aromatic carbocycles. The van der Waals surface area contributed by atoms with Crippen LogP contribution < -0.4 is 0 Å². The SMILES string of the molecule is CC1(C)OC(C)(C)/C(=C\c2ccc3[nH]c4c(c3c2)CCC4)C1=O. The van der Waals surface area contributed by atoms with Gasteiger partial charge in [-0.25, -0.2) is 0 Å². The highest BCUT2D eigenvalue weighted by Gasteiger charge is 2.49. The normalized spacial score (nSPS) is 23.8. The standard InChI is InChI=1S/C20H23NO2/c1-19(2)15(18(22)20(3,4)23-19)11-12-8-9-17-14(10-12)13-6-5-7-16(13)21-17/h8-11,21H,5-7H2,1-4H3/b15-11-. The Bertz CT molecular complexity index is 852. The number of aromatic amines is 1. The van der Waals surface area contributed by atoms with E-state index in [9.17, 15) is 4.79 Å². The molecule has 1 aromatic heterocycles. The van der Waals surface area contributed by atoms with E-state index in [2.05, 4.69) is 23.2 Å². The fourth-order valence-corrected chi connectivity index (χ4v) is 4.09. The van der Waals surface area contributed by atoms with Gasteiger partial charge in [-0.3, -0.25) is 4.79 Å². The highest BCUT2D eigenvalue weighted by atomic mass is 16.5. The van der Waals surface area contributed by atoms with Gasteiger partial charge < -0.3 is 9.72 Å². The monoisotopic (exact) mass is 309 g/mol. The second-order valence-corrected chi connectivity index (χ2v) is 7.75. The van der Waals surface area contributed by atoms with E-state index in [0.717, 1.165) is 24.0 Å². The Morgan fingerprint density at radius 3 is 2.61 bits per heavy atom. The molecular formula is C20H23NO2. The molecule has 1 N–H and O–H groups in total. The van der Waals surface area contributed by atoms with Crippen LogP contribution >= 0.6 is 0 Å². The predicted molar refractivity (Wildman–Crippen MR) is 92.6 cm³/mol. The summed E-state index contributed by atoms with van der Waals surface area (Å²) in [6.07, 6.45) is 5.53. The lowest BCUT2D eigenvalue weighted by molar-refractivity contribution is -0.132. The van der Waals surface area contributed by atoms with Gasteiger partial charge in [0.05, 0.1) is 5.60 Å². The highest BCUT2D eigenvalue weighted by Crippen LogP contribution is 2.40. The number of H-pyrrole nitrogens is 1. The minimum absolute atomic E-state index is 0.0851. The van der Waals surface area contributed by atoms with Gasteiger partial charge in [-0.05, 0) is 76.3 Å². The van der Waals surface area contributed by atoms with Crippen molar-refractivity contribution >= 4 is 22.8 Å². The van der Waals surface area contributed by atoms with Crippen molar-refractivity contribution in [2.75, 3.05) is 0 Å². The van der Waals surface area contributed by atoms with Crippen LogP contribution in [-0.4, -0.2) is 22.0 Å². The number of aryl methyl sites for hydroxylation is 2. The first-order chi connectivity index (χ1) is 10.8. The number of Topliss-reactive ketones (excluding diaryl/α,β-unsaturated/α-hetero) is 1. The Morgan fingerprint density at radius 2 is 1.91 bits per heavy atom. The van der Waals surface area contributed by atoms with E-state index < -0.39 is 11.2 Å². The van der Waals surface area contributed by atoms with E-state index in [4.69, 9.17) is 4.74 Å². The van der Waals surface area contributed by atoms with Gasteiger partial charge in [-0.2, -0.15) is 0 Å². The number of hydrogen-bond acceptors (Lipinski definition) is 2. The molecule has 3 nitrogen and oxygen atoms in total. The minimum atomic E-state index is -0.741. The molecule has 1 aliphatic carbocycles. The van der Waals surface area contributed by atoms with Crippen LogP contribution in [0.2, 0.25) is 0 Å². The van der Waals surface area contributed by atoms with Gasteiger partial charge in [-0.1, -0.05) is 6.07 Å². The first kappa shape index (κ1) is 14.7. The maximum atomic E-state index is 12.6. The fraction of sp³-hybridized carbons (Fsp3) is 0.450. The first-order valence-corrected chi connectivity index (χ1v) is 8.38. The van der Waals surface area contributed by atoms with E-state index in [-0.39, 0.29) is 5.78 Å². The van der Waals surface area contributed by atoms with Crippen molar-refractivity contribution < 1.29 is 9.53 Å². The molecule has 0 bridgehead atoms. The average Bonchev–Trinajstić information content (AvgIpc) is 3.06. The van der Waals surface area contributed by atoms with E-state index in [1.54, 1.807) is 0 Å². The second-order valence-electron chi connectivity index (χ2n) is 7.75. The summed E-state index contributed by atoms with van der Waals surface area (Å²) in [6.45, 7) is 7.64. The van der Waals surface area contributed by atoms with Crippen molar-refractivity contribution in [3.63, 3.8) is 0 Å². The lowest BCUT2D eigenvalue weighted by Gasteiger charge is -2.22. The van der Waals surface area contributed by atoms with Crippen LogP contribution in [-0.2, 0) is 22.4 Å². The molecule has 1 fully saturated rings. The molecule has 2 heterocycles. The molecule has 23 heavy (non-hydrogen) atoms. The van der Waals surface area contributed by atoms with Crippen molar-refractivity contribution in [1.82, 2.24) is 4.98 Å². The Kier molecular flexibility index (Phi) is 2.92. The highest BCUT2D eigenvalue weighted by molar-refractivity contribution is 6.08. The zero-order chi connectivity index (χ0) is 16.4. The number of ketones is 1. The van der Waals surface area contributed by atoms with E-state index in [0.29, 0.717) is 0 Å². The number of nitrogens with one attached hydrogen (secondary N) is 1. The smallest absolute Gasteiger partial charge is 0.192 e. The van der Waals surface area contributed by atoms with E-state index in [1.165, 1.54) is 28.6 Å². The van der Waals surface area contributed by atoms with Gasteiger partial charge in [-0.15, -0.1) is 0 Å². The third kappa shape index (κ3) is 2.18. The fourth-order valence-electron chi connectivity index (χ4n) is 4.09. The topological polar surface area (TPSA) is 42.1 Å². The van der Waals surface area contributed by atoms with Crippen LogP contribution in [0.1, 0.15) is 50.9 Å². The van der Waals surface area contributed by atoms with E-state index in [1.807, 2.05) is 33.8 Å². The number of rotatable bonds is 1. The number of hydrogen-bond donors (Lipinski definition) is 1. The second kappa shape index (κ2) is 4.57. The molecule has 0 unspecified atom stereocenters. The summed E-state index contributed by atoms with van der Waals surface area (Å²) in [7, 11) is 0. The summed E-state index contributed by atoms with van der Waals surface area (Å²) in [5.74, 6) is 0.0851. The molecule has 2 aromatic rings. The number of fused-ring (bicyclic) bond motifs is 3. The van der Waals surface area contributed by atoms with Gasteiger partial charge in [0.25, 0.3) is 0 Å². The molecule has 1 aliphatic heterocycles. The Morgan fingerprint density at radius 1 is 1.13 bits per heavy atom. The predicted octanol–water partition coefficient (Wildman–Crippen LogP) is 4.20. The Hall–Kier alpha value is -1.87. The lowest BCUT2D eigenvalue weighted by atomic mass is 9.90. The molecule has 0 amide bonds. The molecule has 4 rings (SSSR count). The Labute approximate surface area is 136 Å². The van der Waals surface area contributed by atoms with Crippen molar-refractivity contribution in [2.24, 2.45) is 0 Å². The summed E-state index contributed by atoms with van der Waals surface area (Å²) >= 11 is 0. The summed E-state index contributed by atoms with van der Waals surface area (Å²) in [4.78, 5) is 16.2. The van der Waals surface area contributed by atoms with Crippen molar-refractivity contribution in [3.05, 3.63) is 40.6 Å². The van der Waals surface area contributed by atoms with Crippen LogP contribution in [0.3, 0.4) is 0 Å². The zero-order valence-electron chi connectivity index (χ0n) is 14.2. The maximum absolute atomic E-state index is 12.6. The Balaban J connectivity index is 1.82. The van der Waals surface area contributed by atoms with Crippen LogP contribution in [0.4, 0.5) is 0 Å². The molecule has 0 spiro atoms. The largest absolute Gasteiger partial charge is 0.358 e. The van der Waals surface area contributed by atoms with Crippen molar-refractivity contribution in [2.45, 2.75) is 58.2 Å². The van der Waals surface area contributed by atoms with Gasteiger partial charge in [0.2, 0.25) is 0 Å². The summed E-state index contributed by atoms with van der Waals surface area (Å²) < 4.78 is 5.96. The molecule has 3 heteroatoms. The minimum Gasteiger partial charge on any atom is -0.358 e. The number of benzene rings is 1. The summed E-state index contributed by atoms with van der Waals surface area (Å²) in [6, 6.07) is 6.41. The van der Waals surface area contributed by atoms with Crippen LogP contribution in [0, 0.1) is 0 Å². The summed E-state index contributed by atoms with van der Waals surface area (Å²) in [5.41, 5.74) is 4.58. The average molecular weight is 309 g/mol. The van der Waals surface area contributed by atoms with Crippen LogP contribution in [0.15, 0.2) is 23.8 Å². The number of carbonyl (C=O) groups is 1. The molecule has 0 saturated carbocycles. The van der Waals surface area contributed by atoms with Gasteiger partial charge in [0.15, 0.2) is 5.78 Å². The van der Waals surface area contributed by atoms with Gasteiger partial charge >= 0.3 is 0 Å².